The Morgan fingerprint density at radius 3 is 1.87 bits per heavy atom. The standard InChI is InChI=1S/C50H56FN9O7S.CH4/c1-25(2)42(56-49(63)65-5)46(61)58-17-7-9-35(58)44-52-23-32(54-44)28-13-14-34-30(19-28)21-37-41-31(51)20-29(22-38(41)67-48(60(34)37)40-16-15-39(68-40)27-11-12-27)33-24-53-45(55-33)36-10-8-18-59(36)47(62)43(26(3)4)57-50(64)66-6;/h13-16,19-27,35-36,42-43,48H,7-12,17-18H2,1-6H3,(H,52,54)(H,53,55)(H,56,63)(H,57,64);1H4/t35-,36-,42-,43-,48?;/m0./s1. The maximum Gasteiger partial charge on any atom is 0.407 e. The summed E-state index contributed by atoms with van der Waals surface area (Å²) in [4.78, 5) is 74.1. The van der Waals surface area contributed by atoms with Crippen LogP contribution in [0.15, 0.2) is 60.9 Å². The number of amides is 4. The topological polar surface area (TPSA) is 189 Å². The SMILES string of the molecule is C.COC(=O)N[C@H](C(=O)N1CCC[C@H]1c1ncc(-c2cc(F)c3c(c2)OC(c2ccc(C4CC4)s2)n2c-3cc3cc(-c4cnc([C@@H]5CCCN5C(=O)[C@@H](NC(=O)OC)C(C)C)[nH]4)ccc32)[nH]1)C(C)C. The van der Waals surface area contributed by atoms with Crippen LogP contribution in [-0.2, 0) is 19.1 Å². The molecule has 4 aromatic heterocycles. The first kappa shape index (κ1) is 47.4. The number of thiophene rings is 1. The second-order valence-corrected chi connectivity index (χ2v) is 20.1. The molecule has 1 saturated carbocycles. The number of hydrogen-bond donors (Lipinski definition) is 4. The summed E-state index contributed by atoms with van der Waals surface area (Å²) >= 11 is 1.73. The van der Waals surface area contributed by atoms with Crippen molar-refractivity contribution >= 4 is 46.2 Å². The van der Waals surface area contributed by atoms with E-state index in [2.05, 4.69) is 43.4 Å². The molecular formula is C51H60FN9O7S. The molecule has 3 fully saturated rings. The van der Waals surface area contributed by atoms with E-state index in [-0.39, 0.29) is 43.2 Å². The molecule has 4 aliphatic rings. The van der Waals surface area contributed by atoms with Gasteiger partial charge in [0.2, 0.25) is 18.0 Å². The number of halogens is 1. The van der Waals surface area contributed by atoms with Gasteiger partial charge < -0.3 is 44.6 Å². The van der Waals surface area contributed by atoms with Crippen molar-refractivity contribution in [2.75, 3.05) is 27.3 Å². The first-order chi connectivity index (χ1) is 32.8. The molecule has 0 bridgehead atoms. The van der Waals surface area contributed by atoms with Gasteiger partial charge in [-0.05, 0) is 98.7 Å². The van der Waals surface area contributed by atoms with E-state index in [9.17, 15) is 19.2 Å². The fraction of sp³-hybridized carbons (Fsp3) is 0.451. The Balaban J connectivity index is 0.00000593. The molecule has 18 heteroatoms. The van der Waals surface area contributed by atoms with E-state index in [1.54, 1.807) is 33.5 Å². The van der Waals surface area contributed by atoms with Gasteiger partial charge in [-0.2, -0.15) is 0 Å². The van der Waals surface area contributed by atoms with Crippen molar-refractivity contribution in [3.8, 4) is 39.5 Å². The zero-order chi connectivity index (χ0) is 47.5. The van der Waals surface area contributed by atoms with Crippen LogP contribution in [0, 0.1) is 17.7 Å². The number of nitrogens with one attached hydrogen (secondary N) is 4. The summed E-state index contributed by atoms with van der Waals surface area (Å²) in [5, 5.41) is 6.29. The molecule has 3 aliphatic heterocycles. The Morgan fingerprint density at radius 2 is 1.32 bits per heavy atom. The van der Waals surface area contributed by atoms with E-state index >= 15 is 4.39 Å². The smallest absolute Gasteiger partial charge is 0.407 e. The van der Waals surface area contributed by atoms with E-state index in [4.69, 9.17) is 24.2 Å². The highest BCUT2D eigenvalue weighted by atomic mass is 32.1. The number of aromatic nitrogens is 5. The number of nitrogens with zero attached hydrogens (tertiary/aromatic N) is 5. The van der Waals surface area contributed by atoms with Crippen LogP contribution in [0.25, 0.3) is 44.7 Å². The predicted octanol–water partition coefficient (Wildman–Crippen LogP) is 9.83. The van der Waals surface area contributed by atoms with Crippen LogP contribution in [0.2, 0.25) is 0 Å². The number of H-pyrrole nitrogens is 2. The quantitative estimate of drug-likeness (QED) is 0.0926. The van der Waals surface area contributed by atoms with E-state index < -0.39 is 36.3 Å². The number of fused-ring (bicyclic) bond motifs is 5. The van der Waals surface area contributed by atoms with Gasteiger partial charge in [0.05, 0.1) is 71.7 Å². The lowest BCUT2D eigenvalue weighted by atomic mass is 10.0. The largest absolute Gasteiger partial charge is 0.464 e. The molecule has 10 rings (SSSR count). The van der Waals surface area contributed by atoms with Crippen molar-refractivity contribution in [3.63, 3.8) is 0 Å². The first-order valence-electron chi connectivity index (χ1n) is 23.5. The highest BCUT2D eigenvalue weighted by molar-refractivity contribution is 7.12. The second-order valence-electron chi connectivity index (χ2n) is 18.9. The maximum absolute atomic E-state index is 16.9. The minimum Gasteiger partial charge on any atom is -0.464 e. The number of imidazole rings is 2. The number of carbonyl (C=O) groups is 4. The van der Waals surface area contributed by atoms with Crippen LogP contribution in [-0.4, -0.2) is 97.7 Å². The monoisotopic (exact) mass is 961 g/mol. The number of aromatic amines is 2. The van der Waals surface area contributed by atoms with Crippen LogP contribution in [0.5, 0.6) is 5.75 Å². The lowest BCUT2D eigenvalue weighted by Gasteiger charge is -2.30. The van der Waals surface area contributed by atoms with Crippen LogP contribution in [0.3, 0.4) is 0 Å². The van der Waals surface area contributed by atoms with Gasteiger partial charge in [-0.1, -0.05) is 41.2 Å². The van der Waals surface area contributed by atoms with Crippen molar-refractivity contribution in [1.29, 1.82) is 0 Å². The number of benzene rings is 2. The van der Waals surface area contributed by atoms with Crippen LogP contribution in [0.1, 0.15) is 119 Å². The zero-order valence-corrected chi connectivity index (χ0v) is 39.7. The average molecular weight is 962 g/mol. The molecule has 364 valence electrons. The molecule has 0 radical (unpaired) electrons. The van der Waals surface area contributed by atoms with Gasteiger partial charge in [0.1, 0.15) is 35.3 Å². The zero-order valence-electron chi connectivity index (χ0n) is 38.9. The van der Waals surface area contributed by atoms with E-state index in [1.165, 1.54) is 38.0 Å². The third-order valence-corrected chi connectivity index (χ3v) is 15.1. The summed E-state index contributed by atoms with van der Waals surface area (Å²) < 4.78 is 35.5. The normalized spacial score (nSPS) is 19.5. The highest BCUT2D eigenvalue weighted by Gasteiger charge is 2.40. The first-order valence-corrected chi connectivity index (χ1v) is 24.3. The average Bonchev–Trinajstić information content (AvgIpc) is 4.05. The Kier molecular flexibility index (Phi) is 13.1. The summed E-state index contributed by atoms with van der Waals surface area (Å²) in [5.74, 6) is 1.04. The van der Waals surface area contributed by atoms with Gasteiger partial charge in [-0.25, -0.2) is 23.9 Å². The number of likely N-dealkylation sites (tertiary alicyclic amines) is 2. The van der Waals surface area contributed by atoms with Gasteiger partial charge in [-0.15, -0.1) is 11.3 Å². The molecule has 0 spiro atoms. The summed E-state index contributed by atoms with van der Waals surface area (Å²) in [7, 11) is 2.55. The minimum absolute atomic E-state index is 0. The van der Waals surface area contributed by atoms with E-state index in [0.29, 0.717) is 65.3 Å². The molecule has 1 unspecified atom stereocenters. The molecule has 4 N–H and O–H groups in total. The van der Waals surface area contributed by atoms with Crippen LogP contribution in [0.4, 0.5) is 14.0 Å². The van der Waals surface area contributed by atoms with Crippen molar-refractivity contribution in [2.24, 2.45) is 11.8 Å². The third-order valence-electron chi connectivity index (χ3n) is 13.8. The Hall–Kier alpha value is -6.69. The lowest BCUT2D eigenvalue weighted by Crippen LogP contribution is -2.51. The second kappa shape index (κ2) is 19.0. The predicted molar refractivity (Wildman–Crippen MR) is 260 cm³/mol. The molecule has 69 heavy (non-hydrogen) atoms. The Morgan fingerprint density at radius 1 is 0.754 bits per heavy atom. The minimum atomic E-state index is -0.768. The maximum atomic E-state index is 16.9. The van der Waals surface area contributed by atoms with Crippen molar-refractivity contribution in [3.05, 3.63) is 88.1 Å². The number of carbonyl (C=O) groups excluding carboxylic acids is 4. The lowest BCUT2D eigenvalue weighted by molar-refractivity contribution is -0.136. The molecule has 4 amide bonds. The fourth-order valence-corrected chi connectivity index (χ4v) is 11.3. The summed E-state index contributed by atoms with van der Waals surface area (Å²) in [6.07, 6.45) is 6.87. The summed E-state index contributed by atoms with van der Waals surface area (Å²) in [6.45, 7) is 8.59. The molecule has 6 aromatic rings. The van der Waals surface area contributed by atoms with Crippen molar-refractivity contribution < 1.29 is 37.8 Å². The van der Waals surface area contributed by atoms with Crippen molar-refractivity contribution in [1.82, 2.24) is 44.9 Å². The van der Waals surface area contributed by atoms with Crippen LogP contribution >= 0.6 is 11.3 Å². The van der Waals surface area contributed by atoms with Gasteiger partial charge in [0.25, 0.3) is 0 Å². The van der Waals surface area contributed by atoms with E-state index in [1.807, 2.05) is 52.0 Å². The number of hydrogen-bond acceptors (Lipinski definition) is 10. The summed E-state index contributed by atoms with van der Waals surface area (Å²) in [6, 6.07) is 13.6. The Labute approximate surface area is 404 Å². The number of methoxy groups -OCH3 is 2. The molecule has 16 nitrogen and oxygen atoms in total. The number of rotatable bonds is 12. The van der Waals surface area contributed by atoms with E-state index in [0.717, 1.165) is 46.3 Å². The third kappa shape index (κ3) is 8.83. The fourth-order valence-electron chi connectivity index (χ4n) is 10.1. The summed E-state index contributed by atoms with van der Waals surface area (Å²) in [5.41, 5.74) is 4.70. The molecule has 2 aromatic carbocycles. The number of alkyl carbamates (subject to hydrolysis) is 2. The molecule has 7 heterocycles. The van der Waals surface area contributed by atoms with Crippen LogP contribution < -0.4 is 15.4 Å². The van der Waals surface area contributed by atoms with Gasteiger partial charge in [0, 0.05) is 34.5 Å². The molecule has 1 aliphatic carbocycles. The molecule has 5 atom stereocenters. The molecular weight excluding hydrogens is 902 g/mol. The van der Waals surface area contributed by atoms with Gasteiger partial charge in [0.15, 0.2) is 0 Å². The Bertz CT molecular complexity index is 2920. The van der Waals surface area contributed by atoms with Crippen molar-refractivity contribution in [2.45, 2.75) is 110 Å². The number of ether oxygens (including phenoxy) is 3. The van der Waals surface area contributed by atoms with Gasteiger partial charge in [-0.3, -0.25) is 14.2 Å². The molecule has 2 saturated heterocycles. The van der Waals surface area contributed by atoms with Gasteiger partial charge >= 0.3 is 12.2 Å². The highest BCUT2D eigenvalue weighted by Crippen LogP contribution is 2.50.